The lowest BCUT2D eigenvalue weighted by atomic mass is 10.1. The van der Waals surface area contributed by atoms with E-state index in [0.29, 0.717) is 17.3 Å². The highest BCUT2D eigenvalue weighted by Crippen LogP contribution is 2.25. The number of nitrogens with one attached hydrogen (secondary N) is 1. The van der Waals surface area contributed by atoms with Crippen LogP contribution in [0.15, 0.2) is 0 Å². The summed E-state index contributed by atoms with van der Waals surface area (Å²) in [4.78, 5) is 17.4. The van der Waals surface area contributed by atoms with Crippen molar-refractivity contribution in [1.82, 2.24) is 10.3 Å². The molecule has 112 valence electrons. The predicted molar refractivity (Wildman–Crippen MR) is 81.1 cm³/mol. The third-order valence-corrected chi connectivity index (χ3v) is 4.95. The monoisotopic (exact) mass is 296 g/mol. The largest absolute Gasteiger partial charge is 0.393 e. The van der Waals surface area contributed by atoms with Crippen LogP contribution in [0.25, 0.3) is 0 Å². The Morgan fingerprint density at radius 3 is 2.85 bits per heavy atom. The minimum absolute atomic E-state index is 0.0471. The zero-order valence-corrected chi connectivity index (χ0v) is 13.3. The molecule has 1 heterocycles. The quantitative estimate of drug-likeness (QED) is 0.877. The van der Waals surface area contributed by atoms with Crippen molar-refractivity contribution in [3.63, 3.8) is 0 Å². The van der Waals surface area contributed by atoms with E-state index < -0.39 is 0 Å². The highest BCUT2D eigenvalue weighted by atomic mass is 32.1. The second-order valence-corrected chi connectivity index (χ2v) is 7.17. The number of aromatic nitrogens is 1. The van der Waals surface area contributed by atoms with Gasteiger partial charge in [0.2, 0.25) is 0 Å². The van der Waals surface area contributed by atoms with Gasteiger partial charge in [-0.05, 0) is 25.7 Å². The van der Waals surface area contributed by atoms with Gasteiger partial charge in [-0.2, -0.15) is 0 Å². The van der Waals surface area contributed by atoms with Gasteiger partial charge < -0.3 is 10.4 Å². The van der Waals surface area contributed by atoms with Crippen molar-refractivity contribution in [1.29, 1.82) is 0 Å². The lowest BCUT2D eigenvalue weighted by Gasteiger charge is -2.14. The number of hydrogen-bond acceptors (Lipinski definition) is 4. The number of aliphatic hydroxyl groups is 1. The molecule has 2 atom stereocenters. The van der Waals surface area contributed by atoms with Crippen molar-refractivity contribution < 1.29 is 9.90 Å². The molecule has 1 fully saturated rings. The number of carbonyl (C=O) groups is 1. The van der Waals surface area contributed by atoms with Gasteiger partial charge in [0.05, 0.1) is 16.8 Å². The maximum atomic E-state index is 12.2. The first-order chi connectivity index (χ1) is 9.47. The summed E-state index contributed by atoms with van der Waals surface area (Å²) in [5, 5.41) is 13.8. The molecule has 1 aliphatic rings. The molecule has 20 heavy (non-hydrogen) atoms. The van der Waals surface area contributed by atoms with Gasteiger partial charge >= 0.3 is 0 Å². The molecule has 1 saturated carbocycles. The van der Waals surface area contributed by atoms with Crippen LogP contribution >= 0.6 is 11.3 Å². The van der Waals surface area contributed by atoms with E-state index in [1.165, 1.54) is 11.3 Å². The average Bonchev–Trinajstić information content (AvgIpc) is 2.92. The summed E-state index contributed by atoms with van der Waals surface area (Å²) in [7, 11) is 0. The van der Waals surface area contributed by atoms with E-state index in [4.69, 9.17) is 0 Å². The lowest BCUT2D eigenvalue weighted by molar-refractivity contribution is 0.0920. The van der Waals surface area contributed by atoms with Gasteiger partial charge in [-0.1, -0.05) is 20.3 Å². The first-order valence-electron chi connectivity index (χ1n) is 7.40. The summed E-state index contributed by atoms with van der Waals surface area (Å²) in [6, 6.07) is 0. The molecular weight excluding hydrogens is 272 g/mol. The predicted octanol–water partition coefficient (Wildman–Crippen LogP) is 2.54. The van der Waals surface area contributed by atoms with Gasteiger partial charge in [0.15, 0.2) is 0 Å². The molecule has 5 heteroatoms. The summed E-state index contributed by atoms with van der Waals surface area (Å²) in [5.74, 6) is 0.710. The number of amides is 1. The standard InChI is InChI=1S/C15H24N2O2S/c1-9(2)7-13-17-10(3)14(20-13)15(19)16-8-11-5-4-6-12(11)18/h9,11-12,18H,4-8H2,1-3H3,(H,16,19). The lowest BCUT2D eigenvalue weighted by Crippen LogP contribution is -2.32. The van der Waals surface area contributed by atoms with Crippen LogP contribution in [0.3, 0.4) is 0 Å². The van der Waals surface area contributed by atoms with E-state index in [-0.39, 0.29) is 17.9 Å². The summed E-state index contributed by atoms with van der Waals surface area (Å²) in [6.07, 6.45) is 3.58. The zero-order chi connectivity index (χ0) is 14.7. The fourth-order valence-electron chi connectivity index (χ4n) is 2.66. The number of aliphatic hydroxyl groups excluding tert-OH is 1. The molecule has 2 N–H and O–H groups in total. The zero-order valence-electron chi connectivity index (χ0n) is 12.5. The Kier molecular flexibility index (Phi) is 5.16. The van der Waals surface area contributed by atoms with Gasteiger partial charge in [-0.25, -0.2) is 4.98 Å². The molecule has 0 spiro atoms. The number of carbonyl (C=O) groups excluding carboxylic acids is 1. The number of nitrogens with zero attached hydrogens (tertiary/aromatic N) is 1. The molecule has 0 radical (unpaired) electrons. The topological polar surface area (TPSA) is 62.2 Å². The van der Waals surface area contributed by atoms with Crippen LogP contribution in [0, 0.1) is 18.8 Å². The van der Waals surface area contributed by atoms with Crippen LogP contribution in [0.2, 0.25) is 0 Å². The Balaban J connectivity index is 1.93. The number of thiazole rings is 1. The second-order valence-electron chi connectivity index (χ2n) is 6.09. The molecule has 1 aromatic heterocycles. The van der Waals surface area contributed by atoms with Crippen LogP contribution in [-0.4, -0.2) is 28.6 Å². The molecule has 1 aromatic rings. The van der Waals surface area contributed by atoms with Crippen molar-refractivity contribution in [2.24, 2.45) is 11.8 Å². The SMILES string of the molecule is Cc1nc(CC(C)C)sc1C(=O)NCC1CCCC1O. The van der Waals surface area contributed by atoms with Gasteiger partial charge in [0, 0.05) is 18.9 Å². The first kappa shape index (κ1) is 15.4. The fourth-order valence-corrected chi connectivity index (χ4v) is 3.85. The van der Waals surface area contributed by atoms with E-state index in [2.05, 4.69) is 24.1 Å². The highest BCUT2D eigenvalue weighted by molar-refractivity contribution is 7.13. The maximum absolute atomic E-state index is 12.2. The normalized spacial score (nSPS) is 22.4. The minimum atomic E-state index is -0.255. The molecule has 0 aliphatic heterocycles. The number of rotatable bonds is 5. The Bertz CT molecular complexity index is 470. The van der Waals surface area contributed by atoms with Gasteiger partial charge in [0.1, 0.15) is 4.88 Å². The molecule has 4 nitrogen and oxygen atoms in total. The minimum Gasteiger partial charge on any atom is -0.393 e. The van der Waals surface area contributed by atoms with Crippen LogP contribution in [0.5, 0.6) is 0 Å². The Morgan fingerprint density at radius 1 is 1.50 bits per heavy atom. The molecule has 0 saturated heterocycles. The van der Waals surface area contributed by atoms with E-state index in [9.17, 15) is 9.90 Å². The van der Waals surface area contributed by atoms with Crippen LogP contribution in [0.1, 0.15) is 53.5 Å². The van der Waals surface area contributed by atoms with Gasteiger partial charge in [-0.15, -0.1) is 11.3 Å². The van der Waals surface area contributed by atoms with Crippen molar-refractivity contribution in [2.75, 3.05) is 6.54 Å². The van der Waals surface area contributed by atoms with Crippen LogP contribution in [-0.2, 0) is 6.42 Å². The first-order valence-corrected chi connectivity index (χ1v) is 8.21. The van der Waals surface area contributed by atoms with Crippen LogP contribution < -0.4 is 5.32 Å². The van der Waals surface area contributed by atoms with E-state index in [1.807, 2.05) is 6.92 Å². The maximum Gasteiger partial charge on any atom is 0.263 e. The molecule has 2 rings (SSSR count). The van der Waals surface area contributed by atoms with E-state index in [0.717, 1.165) is 36.4 Å². The highest BCUT2D eigenvalue weighted by Gasteiger charge is 2.26. The Labute approximate surface area is 124 Å². The fraction of sp³-hybridized carbons (Fsp3) is 0.733. The third kappa shape index (κ3) is 3.79. The Morgan fingerprint density at radius 2 is 2.25 bits per heavy atom. The summed E-state index contributed by atoms with van der Waals surface area (Å²) < 4.78 is 0. The van der Waals surface area contributed by atoms with Crippen LogP contribution in [0.4, 0.5) is 0 Å². The molecule has 1 amide bonds. The smallest absolute Gasteiger partial charge is 0.263 e. The molecule has 0 bridgehead atoms. The van der Waals surface area contributed by atoms with Crippen molar-refractivity contribution >= 4 is 17.2 Å². The van der Waals surface area contributed by atoms with Crippen molar-refractivity contribution in [2.45, 2.75) is 52.6 Å². The summed E-state index contributed by atoms with van der Waals surface area (Å²) >= 11 is 1.49. The molecule has 1 aliphatic carbocycles. The third-order valence-electron chi connectivity index (χ3n) is 3.77. The number of aryl methyl sites for hydroxylation is 1. The summed E-state index contributed by atoms with van der Waals surface area (Å²) in [5.41, 5.74) is 0.815. The molecule has 2 unspecified atom stereocenters. The molecule has 0 aromatic carbocycles. The number of hydrogen-bond donors (Lipinski definition) is 2. The average molecular weight is 296 g/mol. The van der Waals surface area contributed by atoms with Crippen molar-refractivity contribution in [3.05, 3.63) is 15.6 Å². The van der Waals surface area contributed by atoms with E-state index >= 15 is 0 Å². The van der Waals surface area contributed by atoms with Crippen molar-refractivity contribution in [3.8, 4) is 0 Å². The Hall–Kier alpha value is -0.940. The van der Waals surface area contributed by atoms with E-state index in [1.54, 1.807) is 0 Å². The summed E-state index contributed by atoms with van der Waals surface area (Å²) in [6.45, 7) is 6.76. The van der Waals surface area contributed by atoms with Gasteiger partial charge in [-0.3, -0.25) is 4.79 Å². The second kappa shape index (κ2) is 6.68. The molecular formula is C15H24N2O2S. The van der Waals surface area contributed by atoms with Gasteiger partial charge in [0.25, 0.3) is 5.91 Å².